The van der Waals surface area contributed by atoms with E-state index in [1.165, 1.54) is 0 Å². The van der Waals surface area contributed by atoms with Gasteiger partial charge in [0.15, 0.2) is 5.82 Å². The van der Waals surface area contributed by atoms with Gasteiger partial charge in [0.05, 0.1) is 21.8 Å². The summed E-state index contributed by atoms with van der Waals surface area (Å²) in [5, 5.41) is -0.641. The first-order chi connectivity index (χ1) is 13.4. The van der Waals surface area contributed by atoms with Gasteiger partial charge in [-0.05, 0) is 24.3 Å². The Morgan fingerprint density at radius 2 is 1.66 bits per heavy atom. The SMILES string of the molecule is O=c1cc(-c2ccc(C(F)(F)F)nc2)nc(-c2c(C(F)(F)F)ccc(Cl)c2F)[nH]1. The van der Waals surface area contributed by atoms with Crippen LogP contribution < -0.4 is 5.56 Å². The van der Waals surface area contributed by atoms with Crippen molar-refractivity contribution in [3.05, 3.63) is 69.0 Å². The maximum absolute atomic E-state index is 14.4. The fourth-order valence-corrected chi connectivity index (χ4v) is 2.61. The number of rotatable bonds is 2. The molecule has 0 saturated carbocycles. The maximum atomic E-state index is 14.4. The topological polar surface area (TPSA) is 58.6 Å². The Balaban J connectivity index is 2.20. The summed E-state index contributed by atoms with van der Waals surface area (Å²) in [6.45, 7) is 0. The summed E-state index contributed by atoms with van der Waals surface area (Å²) < 4.78 is 92.1. The van der Waals surface area contributed by atoms with Crippen molar-refractivity contribution in [1.29, 1.82) is 0 Å². The van der Waals surface area contributed by atoms with Gasteiger partial charge in [-0.25, -0.2) is 9.37 Å². The highest BCUT2D eigenvalue weighted by molar-refractivity contribution is 6.31. The molecule has 0 bridgehead atoms. The van der Waals surface area contributed by atoms with Crippen LogP contribution in [0.25, 0.3) is 22.6 Å². The minimum atomic E-state index is -4.99. The molecule has 0 aliphatic rings. The van der Waals surface area contributed by atoms with E-state index in [-0.39, 0.29) is 11.3 Å². The third-order valence-electron chi connectivity index (χ3n) is 3.73. The number of benzene rings is 1. The van der Waals surface area contributed by atoms with Gasteiger partial charge in [0.25, 0.3) is 5.56 Å². The Labute approximate surface area is 162 Å². The summed E-state index contributed by atoms with van der Waals surface area (Å²) >= 11 is 5.56. The molecule has 0 radical (unpaired) electrons. The van der Waals surface area contributed by atoms with Crippen LogP contribution in [0.4, 0.5) is 30.7 Å². The molecule has 0 amide bonds. The Hall–Kier alpha value is -2.95. The monoisotopic (exact) mass is 437 g/mol. The molecule has 1 N–H and O–H groups in total. The van der Waals surface area contributed by atoms with Crippen molar-refractivity contribution in [2.75, 3.05) is 0 Å². The number of pyridine rings is 1. The van der Waals surface area contributed by atoms with Crippen LogP contribution >= 0.6 is 11.6 Å². The first-order valence-electron chi connectivity index (χ1n) is 7.58. The van der Waals surface area contributed by atoms with Crippen molar-refractivity contribution >= 4 is 11.6 Å². The fraction of sp³-hybridized carbons (Fsp3) is 0.118. The summed E-state index contributed by atoms with van der Waals surface area (Å²) in [7, 11) is 0. The summed E-state index contributed by atoms with van der Waals surface area (Å²) in [4.78, 5) is 20.9. The van der Waals surface area contributed by atoms with E-state index in [0.29, 0.717) is 18.2 Å². The Bertz CT molecular complexity index is 1120. The van der Waals surface area contributed by atoms with Crippen LogP contribution in [0.3, 0.4) is 0 Å². The lowest BCUT2D eigenvalue weighted by atomic mass is 10.0. The fourth-order valence-electron chi connectivity index (χ4n) is 2.46. The van der Waals surface area contributed by atoms with Gasteiger partial charge >= 0.3 is 12.4 Å². The van der Waals surface area contributed by atoms with E-state index >= 15 is 0 Å². The summed E-state index contributed by atoms with van der Waals surface area (Å²) in [6.07, 6.45) is -8.96. The molecule has 12 heteroatoms. The molecule has 2 heterocycles. The molecule has 0 atom stereocenters. The van der Waals surface area contributed by atoms with Crippen molar-refractivity contribution in [2.45, 2.75) is 12.4 Å². The van der Waals surface area contributed by atoms with Gasteiger partial charge < -0.3 is 4.98 Å². The highest BCUT2D eigenvalue weighted by atomic mass is 35.5. The van der Waals surface area contributed by atoms with E-state index in [2.05, 4.69) is 9.97 Å². The second kappa shape index (κ2) is 7.14. The number of aromatic amines is 1. The minimum absolute atomic E-state index is 0.0960. The molecule has 1 aromatic carbocycles. The van der Waals surface area contributed by atoms with Gasteiger partial charge in [0.2, 0.25) is 0 Å². The van der Waals surface area contributed by atoms with Crippen molar-refractivity contribution < 1.29 is 30.7 Å². The Kier molecular flexibility index (Phi) is 5.11. The zero-order chi connectivity index (χ0) is 21.6. The van der Waals surface area contributed by atoms with Gasteiger partial charge in [-0.1, -0.05) is 11.6 Å². The highest BCUT2D eigenvalue weighted by Crippen LogP contribution is 2.39. The van der Waals surface area contributed by atoms with Crippen LogP contribution in [0, 0.1) is 5.82 Å². The van der Waals surface area contributed by atoms with Gasteiger partial charge in [-0.15, -0.1) is 0 Å². The predicted octanol–water partition coefficient (Wildman–Crippen LogP) is 5.33. The van der Waals surface area contributed by atoms with Crippen molar-refractivity contribution in [1.82, 2.24) is 15.0 Å². The smallest absolute Gasteiger partial charge is 0.306 e. The molecule has 2 aromatic heterocycles. The minimum Gasteiger partial charge on any atom is -0.306 e. The normalized spacial score (nSPS) is 12.3. The van der Waals surface area contributed by atoms with E-state index in [4.69, 9.17) is 11.6 Å². The van der Waals surface area contributed by atoms with Crippen molar-refractivity contribution in [3.8, 4) is 22.6 Å². The number of aromatic nitrogens is 3. The van der Waals surface area contributed by atoms with Crippen molar-refractivity contribution in [2.24, 2.45) is 0 Å². The first-order valence-corrected chi connectivity index (χ1v) is 7.96. The average Bonchev–Trinajstić information content (AvgIpc) is 2.61. The molecule has 0 aliphatic carbocycles. The zero-order valence-corrected chi connectivity index (χ0v) is 14.5. The average molecular weight is 438 g/mol. The van der Waals surface area contributed by atoms with Crippen LogP contribution in [0.5, 0.6) is 0 Å². The van der Waals surface area contributed by atoms with Crippen LogP contribution in [-0.4, -0.2) is 15.0 Å². The highest BCUT2D eigenvalue weighted by Gasteiger charge is 2.37. The molecule has 4 nitrogen and oxygen atoms in total. The molecule has 152 valence electrons. The third-order valence-corrected chi connectivity index (χ3v) is 4.02. The largest absolute Gasteiger partial charge is 0.433 e. The van der Waals surface area contributed by atoms with Crippen LogP contribution in [0.2, 0.25) is 5.02 Å². The zero-order valence-electron chi connectivity index (χ0n) is 13.8. The van der Waals surface area contributed by atoms with Crippen molar-refractivity contribution in [3.63, 3.8) is 0 Å². The molecular weight excluding hydrogens is 431 g/mol. The molecule has 0 spiro atoms. The molecule has 3 rings (SSSR count). The lowest BCUT2D eigenvalue weighted by molar-refractivity contribution is -0.141. The number of hydrogen-bond acceptors (Lipinski definition) is 3. The second-order valence-electron chi connectivity index (χ2n) is 5.69. The standard InChI is InChI=1S/C17H7ClF7N3O/c18-9-3-2-8(16(20,21)22)13(14(9)19)15-27-10(5-12(29)28-15)7-1-4-11(26-6-7)17(23,24)25/h1-6H,(H,27,28,29). The summed E-state index contributed by atoms with van der Waals surface area (Å²) in [5.74, 6) is -2.26. The molecule has 0 unspecified atom stereocenters. The van der Waals surface area contributed by atoms with Gasteiger partial charge in [-0.3, -0.25) is 9.78 Å². The van der Waals surface area contributed by atoms with E-state index < -0.39 is 51.4 Å². The summed E-state index contributed by atoms with van der Waals surface area (Å²) in [6, 6.07) is 3.58. The predicted molar refractivity (Wildman–Crippen MR) is 88.5 cm³/mol. The molecule has 0 aliphatic heterocycles. The van der Waals surface area contributed by atoms with Gasteiger partial charge in [0, 0.05) is 17.8 Å². The van der Waals surface area contributed by atoms with E-state index in [1.54, 1.807) is 0 Å². The number of nitrogens with one attached hydrogen (secondary N) is 1. The molecule has 29 heavy (non-hydrogen) atoms. The number of alkyl halides is 6. The number of H-pyrrole nitrogens is 1. The molecule has 0 saturated heterocycles. The van der Waals surface area contributed by atoms with Crippen LogP contribution in [-0.2, 0) is 12.4 Å². The van der Waals surface area contributed by atoms with E-state index in [0.717, 1.165) is 18.3 Å². The van der Waals surface area contributed by atoms with Crippen LogP contribution in [0.1, 0.15) is 11.3 Å². The number of nitrogens with zero attached hydrogens (tertiary/aromatic N) is 2. The number of hydrogen-bond donors (Lipinski definition) is 1. The molecule has 0 fully saturated rings. The van der Waals surface area contributed by atoms with Gasteiger partial charge in [-0.2, -0.15) is 26.3 Å². The quantitative estimate of drug-likeness (QED) is 0.551. The van der Waals surface area contributed by atoms with E-state index in [9.17, 15) is 35.5 Å². The maximum Gasteiger partial charge on any atom is 0.433 e. The lowest BCUT2D eigenvalue weighted by Crippen LogP contribution is -2.14. The Morgan fingerprint density at radius 1 is 0.966 bits per heavy atom. The molecular formula is C17H7ClF7N3O. The second-order valence-corrected chi connectivity index (χ2v) is 6.10. The first kappa shape index (κ1) is 20.8. The molecule has 3 aromatic rings. The van der Waals surface area contributed by atoms with Crippen LogP contribution in [0.15, 0.2) is 41.3 Å². The van der Waals surface area contributed by atoms with Gasteiger partial charge in [0.1, 0.15) is 11.5 Å². The lowest BCUT2D eigenvalue weighted by Gasteiger charge is -2.14. The Morgan fingerprint density at radius 3 is 2.21 bits per heavy atom. The van der Waals surface area contributed by atoms with E-state index in [1.807, 2.05) is 4.98 Å². The number of halogens is 8. The summed E-state index contributed by atoms with van der Waals surface area (Å²) in [5.41, 5.74) is -5.11. The third kappa shape index (κ3) is 4.24.